The lowest BCUT2D eigenvalue weighted by Crippen LogP contribution is -2.55. The normalized spacial score (nSPS) is 19.7. The number of amides is 2. The average molecular weight is 428 g/mol. The van der Waals surface area contributed by atoms with Crippen LogP contribution in [0.1, 0.15) is 24.2 Å². The van der Waals surface area contributed by atoms with E-state index < -0.39 is 11.7 Å². The fourth-order valence-electron chi connectivity index (χ4n) is 4.25. The summed E-state index contributed by atoms with van der Waals surface area (Å²) < 4.78 is 18.5. The Labute approximate surface area is 181 Å². The second-order valence-corrected chi connectivity index (χ2v) is 7.88. The molecule has 4 rings (SSSR count). The molecule has 0 saturated carbocycles. The van der Waals surface area contributed by atoms with Gasteiger partial charge in [0.25, 0.3) is 5.91 Å². The number of fused-ring (bicyclic) bond motifs is 2. The average Bonchev–Trinajstić information content (AvgIpc) is 3.28. The number of nitrogens with zero attached hydrogens (tertiary/aromatic N) is 3. The van der Waals surface area contributed by atoms with Crippen LogP contribution >= 0.6 is 0 Å². The summed E-state index contributed by atoms with van der Waals surface area (Å²) in [5.74, 6) is 1.40. The van der Waals surface area contributed by atoms with Gasteiger partial charge in [0.1, 0.15) is 23.8 Å². The van der Waals surface area contributed by atoms with Gasteiger partial charge in [-0.1, -0.05) is 12.1 Å². The molecular weight excluding hydrogens is 400 g/mol. The number of rotatable bonds is 6. The Balaban J connectivity index is 1.42. The maximum Gasteiger partial charge on any atom is 0.251 e. The van der Waals surface area contributed by atoms with E-state index in [9.17, 15) is 9.59 Å². The van der Waals surface area contributed by atoms with Gasteiger partial charge in [0.15, 0.2) is 6.10 Å². The third kappa shape index (κ3) is 4.42. The molecule has 1 unspecified atom stereocenters. The van der Waals surface area contributed by atoms with E-state index in [0.717, 1.165) is 17.1 Å². The van der Waals surface area contributed by atoms with Crippen LogP contribution < -0.4 is 10.1 Å². The van der Waals surface area contributed by atoms with Crippen LogP contribution in [0, 0.1) is 0 Å². The number of likely N-dealkylation sites (tertiary alicyclic amines) is 1. The van der Waals surface area contributed by atoms with Crippen LogP contribution in [0.4, 0.5) is 0 Å². The molecule has 2 aliphatic heterocycles. The van der Waals surface area contributed by atoms with Gasteiger partial charge < -0.3 is 29.0 Å². The number of nitrogens with one attached hydrogen (secondary N) is 1. The second-order valence-electron chi connectivity index (χ2n) is 7.88. The van der Waals surface area contributed by atoms with Crippen molar-refractivity contribution in [1.29, 1.82) is 0 Å². The molecule has 166 valence electrons. The Hall–Kier alpha value is -2.91. The predicted molar refractivity (Wildman–Crippen MR) is 111 cm³/mol. The summed E-state index contributed by atoms with van der Waals surface area (Å²) >= 11 is 0. The van der Waals surface area contributed by atoms with Gasteiger partial charge in [0, 0.05) is 52.0 Å². The van der Waals surface area contributed by atoms with Crippen molar-refractivity contribution in [2.45, 2.75) is 37.6 Å². The fraction of sp³-hybridized carbons (Fsp3) is 0.500. The first-order valence-corrected chi connectivity index (χ1v) is 10.4. The van der Waals surface area contributed by atoms with E-state index in [1.54, 1.807) is 18.2 Å². The van der Waals surface area contributed by atoms with Gasteiger partial charge in [-0.3, -0.25) is 9.59 Å². The molecule has 1 N–H and O–H groups in total. The van der Waals surface area contributed by atoms with E-state index in [0.29, 0.717) is 39.0 Å². The van der Waals surface area contributed by atoms with E-state index in [2.05, 4.69) is 10.3 Å². The molecule has 0 bridgehead atoms. The first-order valence-electron chi connectivity index (χ1n) is 10.4. The minimum absolute atomic E-state index is 0.0368. The van der Waals surface area contributed by atoms with E-state index in [4.69, 9.17) is 14.2 Å². The highest BCUT2D eigenvalue weighted by Gasteiger charge is 2.47. The molecule has 2 aromatic rings. The van der Waals surface area contributed by atoms with Gasteiger partial charge in [0.05, 0.1) is 13.7 Å². The molecule has 3 heterocycles. The molecule has 0 aliphatic carbocycles. The number of benzene rings is 1. The Morgan fingerprint density at radius 2 is 1.97 bits per heavy atom. The first-order chi connectivity index (χ1) is 15.0. The van der Waals surface area contributed by atoms with Gasteiger partial charge in [0.2, 0.25) is 5.91 Å². The van der Waals surface area contributed by atoms with Gasteiger partial charge in [-0.25, -0.2) is 4.98 Å². The number of hydrogen-bond acceptors (Lipinski definition) is 6. The number of methoxy groups -OCH3 is 2. The molecule has 31 heavy (non-hydrogen) atoms. The molecular formula is C22H28N4O5. The molecule has 1 spiro atoms. The largest absolute Gasteiger partial charge is 0.497 e. The highest BCUT2D eigenvalue weighted by Crippen LogP contribution is 2.40. The number of imidazole rings is 1. The van der Waals surface area contributed by atoms with E-state index in [-0.39, 0.29) is 18.4 Å². The van der Waals surface area contributed by atoms with Crippen molar-refractivity contribution in [3.05, 3.63) is 48.0 Å². The smallest absolute Gasteiger partial charge is 0.251 e. The topological polar surface area (TPSA) is 94.9 Å². The standard InChI is InChI=1S/C22H28N4O5/c1-29-15-19(27)25-10-7-22(8-11-25)21-23-9-12-26(21)14-18(31-22)20(28)24-13-16-3-5-17(30-2)6-4-16/h3-6,9,12,18H,7-8,10-11,13-15H2,1-2H3,(H,24,28). The molecule has 9 nitrogen and oxygen atoms in total. The number of piperidine rings is 1. The first kappa shape index (κ1) is 21.3. The van der Waals surface area contributed by atoms with Crippen LogP contribution in [0.2, 0.25) is 0 Å². The van der Waals surface area contributed by atoms with Crippen LogP contribution in [0.25, 0.3) is 0 Å². The molecule has 1 aromatic carbocycles. The van der Waals surface area contributed by atoms with Gasteiger partial charge in [-0.05, 0) is 17.7 Å². The molecule has 0 radical (unpaired) electrons. The Bertz CT molecular complexity index is 918. The number of ether oxygens (including phenoxy) is 3. The third-order valence-electron chi connectivity index (χ3n) is 5.96. The Morgan fingerprint density at radius 3 is 2.65 bits per heavy atom. The van der Waals surface area contributed by atoms with Crippen molar-refractivity contribution in [1.82, 2.24) is 19.8 Å². The van der Waals surface area contributed by atoms with Crippen molar-refractivity contribution in [3.8, 4) is 5.75 Å². The van der Waals surface area contributed by atoms with Gasteiger partial charge >= 0.3 is 0 Å². The Kier molecular flexibility index (Phi) is 6.24. The van der Waals surface area contributed by atoms with E-state index in [1.165, 1.54) is 7.11 Å². The molecule has 1 aromatic heterocycles. The highest BCUT2D eigenvalue weighted by atomic mass is 16.5. The maximum atomic E-state index is 12.9. The summed E-state index contributed by atoms with van der Waals surface area (Å²) in [5, 5.41) is 2.98. The zero-order valence-corrected chi connectivity index (χ0v) is 17.9. The van der Waals surface area contributed by atoms with Crippen molar-refractivity contribution in [2.75, 3.05) is 33.9 Å². The van der Waals surface area contributed by atoms with Crippen molar-refractivity contribution < 1.29 is 23.8 Å². The minimum Gasteiger partial charge on any atom is -0.497 e. The van der Waals surface area contributed by atoms with Gasteiger partial charge in [-0.15, -0.1) is 0 Å². The molecule has 1 atom stereocenters. The summed E-state index contributed by atoms with van der Waals surface area (Å²) in [4.78, 5) is 31.4. The minimum atomic E-state index is -0.673. The second kappa shape index (κ2) is 9.07. The molecule has 1 saturated heterocycles. The van der Waals surface area contributed by atoms with Crippen LogP contribution in [-0.2, 0) is 37.8 Å². The van der Waals surface area contributed by atoms with Crippen molar-refractivity contribution in [2.24, 2.45) is 0 Å². The van der Waals surface area contributed by atoms with Crippen LogP contribution in [0.3, 0.4) is 0 Å². The monoisotopic (exact) mass is 428 g/mol. The number of carbonyl (C=O) groups is 2. The third-order valence-corrected chi connectivity index (χ3v) is 5.96. The number of carbonyl (C=O) groups excluding carboxylic acids is 2. The number of aromatic nitrogens is 2. The molecule has 1 fully saturated rings. The van der Waals surface area contributed by atoms with Crippen LogP contribution in [0.5, 0.6) is 5.75 Å². The summed E-state index contributed by atoms with van der Waals surface area (Å²) in [6, 6.07) is 7.57. The van der Waals surface area contributed by atoms with Crippen molar-refractivity contribution in [3.63, 3.8) is 0 Å². The van der Waals surface area contributed by atoms with E-state index >= 15 is 0 Å². The predicted octanol–water partition coefficient (Wildman–Crippen LogP) is 1.07. The fourth-order valence-corrected chi connectivity index (χ4v) is 4.25. The molecule has 2 aliphatic rings. The summed E-state index contributed by atoms with van der Waals surface area (Å²) in [5.41, 5.74) is 0.307. The maximum absolute atomic E-state index is 12.9. The quantitative estimate of drug-likeness (QED) is 0.740. The number of hydrogen-bond donors (Lipinski definition) is 1. The summed E-state index contributed by atoms with van der Waals surface area (Å²) in [7, 11) is 3.13. The lowest BCUT2D eigenvalue weighted by Gasteiger charge is -2.45. The van der Waals surface area contributed by atoms with Crippen LogP contribution in [0.15, 0.2) is 36.7 Å². The lowest BCUT2D eigenvalue weighted by atomic mass is 9.88. The van der Waals surface area contributed by atoms with Crippen LogP contribution in [-0.4, -0.2) is 66.3 Å². The summed E-state index contributed by atoms with van der Waals surface area (Å²) in [6.45, 7) is 1.97. The zero-order valence-electron chi connectivity index (χ0n) is 17.9. The van der Waals surface area contributed by atoms with Crippen molar-refractivity contribution >= 4 is 11.8 Å². The molecule has 2 amide bonds. The zero-order chi connectivity index (χ0) is 21.8. The SMILES string of the molecule is COCC(=O)N1CCC2(CC1)OC(C(=O)NCc1ccc(OC)cc1)Cn1ccnc12. The van der Waals surface area contributed by atoms with Gasteiger partial charge in [-0.2, -0.15) is 0 Å². The lowest BCUT2D eigenvalue weighted by molar-refractivity contribution is -0.176. The molecule has 9 heteroatoms. The summed E-state index contributed by atoms with van der Waals surface area (Å²) in [6.07, 6.45) is 4.16. The highest BCUT2D eigenvalue weighted by molar-refractivity contribution is 5.81. The Morgan fingerprint density at radius 1 is 1.23 bits per heavy atom. The van der Waals surface area contributed by atoms with E-state index in [1.807, 2.05) is 35.0 Å².